The Morgan fingerprint density at radius 2 is 2.40 bits per heavy atom. The van der Waals surface area contributed by atoms with E-state index in [4.69, 9.17) is 0 Å². The van der Waals surface area contributed by atoms with Gasteiger partial charge in [0.05, 0.1) is 12.6 Å². The molecule has 0 aliphatic carbocycles. The van der Waals surface area contributed by atoms with E-state index in [0.29, 0.717) is 0 Å². The quantitative estimate of drug-likeness (QED) is 0.783. The minimum absolute atomic E-state index is 0.142. The molecule has 15 heavy (non-hydrogen) atoms. The Kier molecular flexibility index (Phi) is 2.73. The average Bonchev–Trinajstić information content (AvgIpc) is 2.59. The molecule has 4 nitrogen and oxygen atoms in total. The second-order valence-electron chi connectivity index (χ2n) is 3.11. The zero-order chi connectivity index (χ0) is 10.8. The summed E-state index contributed by atoms with van der Waals surface area (Å²) in [6.45, 7) is 0.142. The van der Waals surface area contributed by atoms with Crippen LogP contribution in [0.4, 0.5) is 0 Å². The Morgan fingerprint density at radius 3 is 3.13 bits per heavy atom. The maximum absolute atomic E-state index is 11.0. The van der Waals surface area contributed by atoms with Crippen LogP contribution in [0.2, 0.25) is 0 Å². The minimum Gasteiger partial charge on any atom is -0.468 e. The number of ether oxygens (including phenoxy) is 1. The van der Waals surface area contributed by atoms with Crippen LogP contribution < -0.4 is 0 Å². The van der Waals surface area contributed by atoms with E-state index in [0.717, 1.165) is 15.4 Å². The predicted molar refractivity (Wildman–Crippen MR) is 59.4 cm³/mol. The van der Waals surface area contributed by atoms with Gasteiger partial charge in [-0.2, -0.15) is 5.10 Å². The lowest BCUT2D eigenvalue weighted by Crippen LogP contribution is -2.11. The van der Waals surface area contributed by atoms with Crippen molar-refractivity contribution >= 4 is 32.8 Å². The van der Waals surface area contributed by atoms with Gasteiger partial charge in [0.1, 0.15) is 6.54 Å². The highest BCUT2D eigenvalue weighted by molar-refractivity contribution is 9.10. The number of nitrogens with zero attached hydrogens (tertiary/aromatic N) is 2. The van der Waals surface area contributed by atoms with Crippen molar-refractivity contribution in [3.63, 3.8) is 0 Å². The third-order valence-corrected chi connectivity index (χ3v) is 2.53. The van der Waals surface area contributed by atoms with Crippen molar-refractivity contribution in [2.75, 3.05) is 7.11 Å². The first kappa shape index (κ1) is 10.2. The maximum Gasteiger partial charge on any atom is 0.327 e. The number of benzene rings is 1. The zero-order valence-electron chi connectivity index (χ0n) is 8.11. The molecule has 0 radical (unpaired) electrons. The van der Waals surface area contributed by atoms with Crippen molar-refractivity contribution < 1.29 is 9.53 Å². The molecule has 0 aliphatic rings. The Hall–Kier alpha value is -1.36. The van der Waals surface area contributed by atoms with Gasteiger partial charge in [-0.1, -0.05) is 22.0 Å². The van der Waals surface area contributed by atoms with E-state index in [1.165, 1.54) is 7.11 Å². The zero-order valence-corrected chi connectivity index (χ0v) is 9.69. The first-order chi connectivity index (χ1) is 7.19. The molecular weight excluding hydrogens is 260 g/mol. The monoisotopic (exact) mass is 268 g/mol. The van der Waals surface area contributed by atoms with E-state index < -0.39 is 0 Å². The van der Waals surface area contributed by atoms with Gasteiger partial charge in [-0.05, 0) is 12.1 Å². The fourth-order valence-corrected chi connectivity index (χ4v) is 1.67. The number of hydrogen-bond donors (Lipinski definition) is 0. The summed E-state index contributed by atoms with van der Waals surface area (Å²) in [4.78, 5) is 11.0. The van der Waals surface area contributed by atoms with Crippen molar-refractivity contribution in [1.29, 1.82) is 0 Å². The van der Waals surface area contributed by atoms with E-state index in [2.05, 4.69) is 25.8 Å². The summed E-state index contributed by atoms with van der Waals surface area (Å²) in [5, 5.41) is 5.25. The first-order valence-electron chi connectivity index (χ1n) is 4.38. The summed E-state index contributed by atoms with van der Waals surface area (Å²) < 4.78 is 7.11. The molecule has 0 spiro atoms. The molecule has 78 valence electrons. The number of esters is 1. The summed E-state index contributed by atoms with van der Waals surface area (Å²) in [7, 11) is 1.36. The van der Waals surface area contributed by atoms with E-state index >= 15 is 0 Å². The molecule has 0 saturated carbocycles. The van der Waals surface area contributed by atoms with E-state index in [9.17, 15) is 4.79 Å². The van der Waals surface area contributed by atoms with Crippen LogP contribution in [0.5, 0.6) is 0 Å². The lowest BCUT2D eigenvalue weighted by atomic mass is 10.3. The number of carbonyl (C=O) groups excluding carboxylic acids is 1. The molecule has 1 aromatic heterocycles. The Balaban J connectivity index is 2.34. The van der Waals surface area contributed by atoms with Crippen molar-refractivity contribution in [3.05, 3.63) is 28.9 Å². The van der Waals surface area contributed by atoms with Gasteiger partial charge in [0.25, 0.3) is 0 Å². The molecule has 0 atom stereocenters. The SMILES string of the molecule is COC(=O)Cn1cc2ccc(Br)cc2n1. The highest BCUT2D eigenvalue weighted by atomic mass is 79.9. The van der Waals surface area contributed by atoms with Crippen molar-refractivity contribution in [1.82, 2.24) is 9.78 Å². The van der Waals surface area contributed by atoms with Crippen molar-refractivity contribution in [2.45, 2.75) is 6.54 Å². The van der Waals surface area contributed by atoms with E-state index in [1.54, 1.807) is 4.68 Å². The van der Waals surface area contributed by atoms with Crippen LogP contribution in [0.1, 0.15) is 0 Å². The molecular formula is C10H9BrN2O2. The fraction of sp³-hybridized carbons (Fsp3) is 0.200. The number of methoxy groups -OCH3 is 1. The van der Waals surface area contributed by atoms with Gasteiger partial charge in [0, 0.05) is 16.1 Å². The van der Waals surface area contributed by atoms with Crippen molar-refractivity contribution in [3.8, 4) is 0 Å². The van der Waals surface area contributed by atoms with Gasteiger partial charge in [0.15, 0.2) is 0 Å². The number of halogens is 1. The van der Waals surface area contributed by atoms with E-state index in [-0.39, 0.29) is 12.5 Å². The van der Waals surface area contributed by atoms with Crippen LogP contribution >= 0.6 is 15.9 Å². The topological polar surface area (TPSA) is 44.1 Å². The van der Waals surface area contributed by atoms with Crippen LogP contribution in [0.3, 0.4) is 0 Å². The minimum atomic E-state index is -0.304. The number of fused-ring (bicyclic) bond motifs is 1. The van der Waals surface area contributed by atoms with Gasteiger partial charge < -0.3 is 4.74 Å². The predicted octanol–water partition coefficient (Wildman–Crippen LogP) is 1.97. The van der Waals surface area contributed by atoms with Crippen LogP contribution in [-0.2, 0) is 16.1 Å². The summed E-state index contributed by atoms with van der Waals surface area (Å²) in [5.41, 5.74) is 0.855. The third-order valence-electron chi connectivity index (χ3n) is 2.04. The van der Waals surface area contributed by atoms with Crippen molar-refractivity contribution in [2.24, 2.45) is 0 Å². The average molecular weight is 269 g/mol. The summed E-state index contributed by atoms with van der Waals surface area (Å²) >= 11 is 3.37. The Morgan fingerprint density at radius 1 is 1.60 bits per heavy atom. The number of aromatic nitrogens is 2. The Bertz CT molecular complexity index is 507. The molecule has 0 unspecified atom stereocenters. The molecule has 0 amide bonds. The molecule has 0 bridgehead atoms. The number of carbonyl (C=O) groups is 1. The summed E-state index contributed by atoms with van der Waals surface area (Å²) in [6, 6.07) is 5.79. The molecule has 5 heteroatoms. The molecule has 2 rings (SSSR count). The third kappa shape index (κ3) is 2.18. The lowest BCUT2D eigenvalue weighted by Gasteiger charge is -1.97. The second-order valence-corrected chi connectivity index (χ2v) is 4.02. The van der Waals surface area contributed by atoms with Gasteiger partial charge in [-0.25, -0.2) is 0 Å². The highest BCUT2D eigenvalue weighted by Gasteiger charge is 2.05. The summed E-state index contributed by atoms with van der Waals surface area (Å²) in [6.07, 6.45) is 1.82. The van der Waals surface area contributed by atoms with Gasteiger partial charge in [-0.3, -0.25) is 9.48 Å². The molecule has 1 aromatic carbocycles. The maximum atomic E-state index is 11.0. The highest BCUT2D eigenvalue weighted by Crippen LogP contribution is 2.18. The Labute approximate surface area is 95.0 Å². The molecule has 0 N–H and O–H groups in total. The van der Waals surface area contributed by atoms with Gasteiger partial charge >= 0.3 is 5.97 Å². The van der Waals surface area contributed by atoms with Crippen LogP contribution in [0.25, 0.3) is 10.9 Å². The smallest absolute Gasteiger partial charge is 0.327 e. The molecule has 0 saturated heterocycles. The standard InChI is InChI=1S/C10H9BrN2O2/c1-15-10(14)6-13-5-7-2-3-8(11)4-9(7)12-13/h2-5H,6H2,1H3. The fourth-order valence-electron chi connectivity index (χ4n) is 1.32. The van der Waals surface area contributed by atoms with Crippen LogP contribution in [-0.4, -0.2) is 22.9 Å². The van der Waals surface area contributed by atoms with Crippen LogP contribution in [0.15, 0.2) is 28.9 Å². The molecule has 0 aliphatic heterocycles. The normalized spacial score (nSPS) is 10.5. The largest absolute Gasteiger partial charge is 0.468 e. The first-order valence-corrected chi connectivity index (χ1v) is 5.18. The van der Waals surface area contributed by atoms with E-state index in [1.807, 2.05) is 24.4 Å². The van der Waals surface area contributed by atoms with Crippen LogP contribution in [0, 0.1) is 0 Å². The molecule has 0 fully saturated rings. The van der Waals surface area contributed by atoms with Gasteiger partial charge in [0.2, 0.25) is 0 Å². The lowest BCUT2D eigenvalue weighted by molar-refractivity contribution is -0.141. The molecule has 2 aromatic rings. The number of rotatable bonds is 2. The summed E-state index contributed by atoms with van der Waals surface area (Å²) in [5.74, 6) is -0.304. The molecule has 1 heterocycles. The second kappa shape index (κ2) is 4.02. The number of hydrogen-bond acceptors (Lipinski definition) is 3. The van der Waals surface area contributed by atoms with Gasteiger partial charge in [-0.15, -0.1) is 0 Å².